The zero-order valence-corrected chi connectivity index (χ0v) is 12.3. The summed E-state index contributed by atoms with van der Waals surface area (Å²) in [6.07, 6.45) is -1.54. The molecule has 0 aliphatic heterocycles. The van der Waals surface area contributed by atoms with E-state index in [9.17, 15) is 9.90 Å². The molecule has 100 valence electrons. The third kappa shape index (κ3) is 2.71. The van der Waals surface area contributed by atoms with E-state index in [1.165, 1.54) is 27.4 Å². The number of hydrogen-bond donors (Lipinski definition) is 1. The second-order valence-corrected chi connectivity index (χ2v) is 4.51. The maximum atomic E-state index is 11.4. The Balaban J connectivity index is 3.46. The van der Waals surface area contributed by atoms with E-state index in [0.717, 1.165) is 0 Å². The van der Waals surface area contributed by atoms with Gasteiger partial charge in [0.15, 0.2) is 17.6 Å². The molecule has 0 saturated carbocycles. The number of benzene rings is 1. The average molecular weight is 340 g/mol. The lowest BCUT2D eigenvalue weighted by Gasteiger charge is -2.18. The Labute approximate surface area is 118 Å². The van der Waals surface area contributed by atoms with Crippen molar-refractivity contribution in [3.05, 3.63) is 21.1 Å². The molecule has 1 atom stereocenters. The van der Waals surface area contributed by atoms with Gasteiger partial charge in [0.1, 0.15) is 0 Å². The van der Waals surface area contributed by atoms with Crippen molar-refractivity contribution in [1.82, 2.24) is 0 Å². The van der Waals surface area contributed by atoms with Gasteiger partial charge in [-0.15, -0.1) is 0 Å². The summed E-state index contributed by atoms with van der Waals surface area (Å²) in [4.78, 5) is 11.4. The van der Waals surface area contributed by atoms with Crippen molar-refractivity contribution in [3.63, 3.8) is 0 Å². The Kier molecular flexibility index (Phi) is 5.25. The Morgan fingerprint density at radius 1 is 1.33 bits per heavy atom. The molecule has 1 aromatic carbocycles. The molecule has 0 fully saturated rings. The number of aliphatic hydroxyl groups excluding tert-OH is 1. The highest BCUT2D eigenvalue weighted by Crippen LogP contribution is 2.44. The first kappa shape index (κ1) is 15.1. The normalized spacial score (nSPS) is 11.9. The van der Waals surface area contributed by atoms with Crippen LogP contribution < -0.4 is 9.47 Å². The predicted molar refractivity (Wildman–Crippen MR) is 69.2 cm³/mol. The van der Waals surface area contributed by atoms with Crippen LogP contribution >= 0.6 is 27.5 Å². The molecular weight excluding hydrogens is 327 g/mol. The zero-order valence-electron chi connectivity index (χ0n) is 9.99. The molecule has 7 heteroatoms. The van der Waals surface area contributed by atoms with Gasteiger partial charge in [-0.1, -0.05) is 11.6 Å². The first-order chi connectivity index (χ1) is 8.47. The van der Waals surface area contributed by atoms with Gasteiger partial charge in [0.2, 0.25) is 0 Å². The van der Waals surface area contributed by atoms with Crippen molar-refractivity contribution in [2.75, 3.05) is 21.3 Å². The molecule has 0 spiro atoms. The van der Waals surface area contributed by atoms with Gasteiger partial charge >= 0.3 is 5.97 Å². The summed E-state index contributed by atoms with van der Waals surface area (Å²) < 4.78 is 15.3. The van der Waals surface area contributed by atoms with Gasteiger partial charge in [-0.25, -0.2) is 4.79 Å². The molecule has 1 rings (SSSR count). The van der Waals surface area contributed by atoms with Crippen LogP contribution in [0.1, 0.15) is 11.7 Å². The number of ether oxygens (including phenoxy) is 3. The van der Waals surface area contributed by atoms with Crippen molar-refractivity contribution < 1.29 is 24.1 Å². The Bertz CT molecular complexity index is 463. The van der Waals surface area contributed by atoms with Gasteiger partial charge in [0.05, 0.1) is 36.4 Å². The summed E-state index contributed by atoms with van der Waals surface area (Å²) in [6, 6.07) is 1.50. The minimum absolute atomic E-state index is 0.103. The van der Waals surface area contributed by atoms with Gasteiger partial charge in [-0.05, 0) is 22.0 Å². The predicted octanol–water partition coefficient (Wildman–Crippen LogP) is 2.33. The smallest absolute Gasteiger partial charge is 0.339 e. The second kappa shape index (κ2) is 6.26. The molecule has 1 unspecified atom stereocenters. The van der Waals surface area contributed by atoms with E-state index >= 15 is 0 Å². The second-order valence-electron chi connectivity index (χ2n) is 3.25. The molecule has 1 N–H and O–H groups in total. The first-order valence-corrected chi connectivity index (χ1v) is 6.00. The van der Waals surface area contributed by atoms with E-state index in [-0.39, 0.29) is 16.3 Å². The third-order valence-corrected chi connectivity index (χ3v) is 3.19. The number of aliphatic hydroxyl groups is 1. The molecular formula is C11H12BrClO5. The fourth-order valence-corrected chi connectivity index (χ4v) is 2.47. The number of halogens is 2. The molecule has 18 heavy (non-hydrogen) atoms. The van der Waals surface area contributed by atoms with Gasteiger partial charge in [0.25, 0.3) is 0 Å². The summed E-state index contributed by atoms with van der Waals surface area (Å²) in [7, 11) is 3.99. The molecule has 5 nitrogen and oxygen atoms in total. The lowest BCUT2D eigenvalue weighted by Crippen LogP contribution is -2.15. The number of hydrogen-bond acceptors (Lipinski definition) is 5. The molecule has 0 bridgehead atoms. The number of rotatable bonds is 4. The number of esters is 1. The van der Waals surface area contributed by atoms with Gasteiger partial charge < -0.3 is 19.3 Å². The third-order valence-electron chi connectivity index (χ3n) is 2.28. The van der Waals surface area contributed by atoms with Crippen molar-refractivity contribution in [3.8, 4) is 11.5 Å². The highest BCUT2D eigenvalue weighted by Gasteiger charge is 2.28. The molecule has 0 radical (unpaired) electrons. The van der Waals surface area contributed by atoms with Crippen LogP contribution in [0.2, 0.25) is 5.02 Å². The quantitative estimate of drug-likeness (QED) is 0.853. The number of methoxy groups -OCH3 is 3. The van der Waals surface area contributed by atoms with Crippen LogP contribution in [0, 0.1) is 0 Å². The fraction of sp³-hybridized carbons (Fsp3) is 0.364. The summed E-state index contributed by atoms with van der Waals surface area (Å²) in [6.45, 7) is 0. The van der Waals surface area contributed by atoms with Crippen LogP contribution in [-0.4, -0.2) is 32.4 Å². The van der Waals surface area contributed by atoms with Gasteiger partial charge in [0, 0.05) is 0 Å². The number of carbonyl (C=O) groups is 1. The molecule has 0 aliphatic carbocycles. The topological polar surface area (TPSA) is 65.0 Å². The Morgan fingerprint density at radius 3 is 2.33 bits per heavy atom. The molecule has 0 aliphatic rings. The van der Waals surface area contributed by atoms with E-state index in [1.54, 1.807) is 0 Å². The monoisotopic (exact) mass is 338 g/mol. The van der Waals surface area contributed by atoms with E-state index in [4.69, 9.17) is 21.1 Å². The minimum Gasteiger partial charge on any atom is -0.492 e. The maximum Gasteiger partial charge on any atom is 0.339 e. The van der Waals surface area contributed by atoms with Crippen LogP contribution in [0.25, 0.3) is 0 Å². The maximum absolute atomic E-state index is 11.4. The van der Waals surface area contributed by atoms with Crippen LogP contribution in [0.5, 0.6) is 11.5 Å². The summed E-state index contributed by atoms with van der Waals surface area (Å²) in [5.74, 6) is -0.325. The van der Waals surface area contributed by atoms with Gasteiger partial charge in [-0.2, -0.15) is 0 Å². The average Bonchev–Trinajstić information content (AvgIpc) is 2.36. The van der Waals surface area contributed by atoms with E-state index in [0.29, 0.717) is 10.2 Å². The van der Waals surface area contributed by atoms with Crippen LogP contribution in [0.4, 0.5) is 0 Å². The summed E-state index contributed by atoms with van der Waals surface area (Å²) in [5, 5.41) is 10.0. The highest BCUT2D eigenvalue weighted by atomic mass is 79.9. The van der Waals surface area contributed by atoms with Crippen molar-refractivity contribution in [1.29, 1.82) is 0 Å². The Morgan fingerprint density at radius 2 is 1.89 bits per heavy atom. The lowest BCUT2D eigenvalue weighted by molar-refractivity contribution is -0.150. The largest absolute Gasteiger partial charge is 0.492 e. The summed E-state index contributed by atoms with van der Waals surface area (Å²) >= 11 is 9.25. The van der Waals surface area contributed by atoms with Crippen molar-refractivity contribution in [2.45, 2.75) is 6.10 Å². The van der Waals surface area contributed by atoms with Crippen molar-refractivity contribution in [2.24, 2.45) is 0 Å². The van der Waals surface area contributed by atoms with E-state index in [1.807, 2.05) is 0 Å². The summed E-state index contributed by atoms with van der Waals surface area (Å²) in [5.41, 5.74) is 0.103. The Hall–Kier alpha value is -0.980. The van der Waals surface area contributed by atoms with Crippen LogP contribution in [0.3, 0.4) is 0 Å². The lowest BCUT2D eigenvalue weighted by atomic mass is 10.1. The molecule has 1 aromatic rings. The SMILES string of the molecule is COC(=O)C(O)c1c(Cl)cc(Br)c(OC)c1OC. The molecule has 0 saturated heterocycles. The standard InChI is InChI=1S/C11H12BrClO5/c1-16-9-5(12)4-6(13)7(10(9)17-2)8(14)11(15)18-3/h4,8,14H,1-3H3. The fourth-order valence-electron chi connectivity index (χ4n) is 1.47. The number of carbonyl (C=O) groups excluding carboxylic acids is 1. The van der Waals surface area contributed by atoms with Crippen molar-refractivity contribution >= 4 is 33.5 Å². The van der Waals surface area contributed by atoms with E-state index < -0.39 is 12.1 Å². The van der Waals surface area contributed by atoms with Gasteiger partial charge in [-0.3, -0.25) is 0 Å². The van der Waals surface area contributed by atoms with Crippen LogP contribution in [-0.2, 0) is 9.53 Å². The van der Waals surface area contributed by atoms with E-state index in [2.05, 4.69) is 20.7 Å². The molecule has 0 amide bonds. The zero-order chi connectivity index (χ0) is 13.9. The molecule has 0 aromatic heterocycles. The minimum atomic E-state index is -1.54. The molecule has 0 heterocycles. The van der Waals surface area contributed by atoms with Crippen LogP contribution in [0.15, 0.2) is 10.5 Å². The first-order valence-electron chi connectivity index (χ1n) is 4.83. The highest BCUT2D eigenvalue weighted by molar-refractivity contribution is 9.10.